The fourth-order valence-electron chi connectivity index (χ4n) is 3.75. The normalized spacial score (nSPS) is 25.6. The molecule has 0 bridgehead atoms. The van der Waals surface area contributed by atoms with Gasteiger partial charge >= 0.3 is 0 Å². The minimum absolute atomic E-state index is 0.0320. The average Bonchev–Trinajstić information content (AvgIpc) is 3.17. The van der Waals surface area contributed by atoms with E-state index in [1.165, 1.54) is 15.9 Å². The topological polar surface area (TPSA) is 74.8 Å². The van der Waals surface area contributed by atoms with Crippen molar-refractivity contribution in [2.45, 2.75) is 31.8 Å². The number of amides is 2. The molecule has 0 radical (unpaired) electrons. The molecule has 2 fully saturated rings. The fourth-order valence-corrected chi connectivity index (χ4v) is 5.48. The summed E-state index contributed by atoms with van der Waals surface area (Å²) in [6.45, 7) is 1.88. The van der Waals surface area contributed by atoms with E-state index in [4.69, 9.17) is 0 Å². The Morgan fingerprint density at radius 2 is 2.00 bits per heavy atom. The largest absolute Gasteiger partial charge is 0.339 e. The van der Waals surface area contributed by atoms with Gasteiger partial charge in [-0.05, 0) is 31.0 Å². The number of rotatable bonds is 4. The minimum Gasteiger partial charge on any atom is -0.339 e. The molecule has 2 aliphatic rings. The van der Waals surface area contributed by atoms with Crippen LogP contribution in [0.4, 0.5) is 8.78 Å². The second-order valence-electron chi connectivity index (χ2n) is 7.30. The van der Waals surface area contributed by atoms with Crippen molar-refractivity contribution >= 4 is 21.7 Å². The van der Waals surface area contributed by atoms with Crippen molar-refractivity contribution in [1.82, 2.24) is 9.80 Å². The number of nitrogens with zero attached hydrogens (tertiary/aromatic N) is 2. The molecule has 6 nitrogen and oxygen atoms in total. The lowest BCUT2D eigenvalue weighted by Gasteiger charge is -2.28. The first-order valence-corrected chi connectivity index (χ1v) is 10.6. The molecule has 3 atom stereocenters. The van der Waals surface area contributed by atoms with Crippen molar-refractivity contribution in [3.8, 4) is 0 Å². The summed E-state index contributed by atoms with van der Waals surface area (Å²) in [6.07, 6.45) is 0.431. The van der Waals surface area contributed by atoms with Crippen LogP contribution in [0, 0.1) is 17.6 Å². The van der Waals surface area contributed by atoms with Gasteiger partial charge in [0, 0.05) is 26.1 Å². The molecule has 2 heterocycles. The standard InChI is InChI=1S/C18H22F2N2O4S/c1-11(12-3-4-15(19)16(20)7-12)21(2)18(24)13-8-17(23)22(9-13)14-5-6-27(25,26)10-14/h3-4,7,11,13-14H,5-6,8-10H2,1-2H3/t11-,13-,14-/m1/s1. The SMILES string of the molecule is C[C@H](c1ccc(F)c(F)c1)N(C)C(=O)[C@@H]1CC(=O)N([C@@H]2CCS(=O)(=O)C2)C1. The smallest absolute Gasteiger partial charge is 0.228 e. The summed E-state index contributed by atoms with van der Waals surface area (Å²) in [7, 11) is -1.57. The number of halogens is 2. The molecular formula is C18H22F2N2O4S. The molecule has 1 aromatic rings. The Morgan fingerprint density at radius 1 is 1.30 bits per heavy atom. The Hall–Kier alpha value is -2.03. The van der Waals surface area contributed by atoms with Crippen LogP contribution in [-0.2, 0) is 19.4 Å². The van der Waals surface area contributed by atoms with Crippen LogP contribution < -0.4 is 0 Å². The quantitative estimate of drug-likeness (QED) is 0.768. The maximum Gasteiger partial charge on any atom is 0.228 e. The third kappa shape index (κ3) is 3.97. The summed E-state index contributed by atoms with van der Waals surface area (Å²) in [4.78, 5) is 28.0. The van der Waals surface area contributed by atoms with Crippen LogP contribution in [0.1, 0.15) is 31.4 Å². The Bertz CT molecular complexity index is 874. The van der Waals surface area contributed by atoms with Gasteiger partial charge in [-0.25, -0.2) is 17.2 Å². The van der Waals surface area contributed by atoms with E-state index in [2.05, 4.69) is 0 Å². The van der Waals surface area contributed by atoms with Gasteiger partial charge in [-0.1, -0.05) is 6.07 Å². The zero-order valence-electron chi connectivity index (χ0n) is 15.2. The van der Waals surface area contributed by atoms with E-state index in [0.717, 1.165) is 12.1 Å². The molecule has 1 aromatic carbocycles. The lowest BCUT2D eigenvalue weighted by atomic mass is 10.0. The second-order valence-corrected chi connectivity index (χ2v) is 9.53. The van der Waals surface area contributed by atoms with Crippen LogP contribution in [0.3, 0.4) is 0 Å². The molecule has 2 amide bonds. The Kier molecular flexibility index (Phi) is 5.24. The molecule has 27 heavy (non-hydrogen) atoms. The molecule has 0 N–H and O–H groups in total. The van der Waals surface area contributed by atoms with E-state index in [-0.39, 0.29) is 42.3 Å². The zero-order valence-corrected chi connectivity index (χ0v) is 16.0. The highest BCUT2D eigenvalue weighted by Crippen LogP contribution is 2.29. The Balaban J connectivity index is 1.68. The molecule has 0 aliphatic carbocycles. The van der Waals surface area contributed by atoms with E-state index >= 15 is 0 Å². The number of hydrogen-bond donors (Lipinski definition) is 0. The highest BCUT2D eigenvalue weighted by Gasteiger charge is 2.43. The Labute approximate surface area is 157 Å². The van der Waals surface area contributed by atoms with E-state index in [0.29, 0.717) is 12.0 Å². The van der Waals surface area contributed by atoms with Crippen LogP contribution in [0.25, 0.3) is 0 Å². The van der Waals surface area contributed by atoms with Crippen LogP contribution in [0.15, 0.2) is 18.2 Å². The third-order valence-corrected chi connectivity index (χ3v) is 7.26. The van der Waals surface area contributed by atoms with Crippen LogP contribution >= 0.6 is 0 Å². The summed E-state index contributed by atoms with van der Waals surface area (Å²) < 4.78 is 49.9. The highest BCUT2D eigenvalue weighted by molar-refractivity contribution is 7.91. The molecule has 0 spiro atoms. The van der Waals surface area contributed by atoms with Gasteiger partial charge in [0.25, 0.3) is 0 Å². The number of carbonyl (C=O) groups excluding carboxylic acids is 2. The van der Waals surface area contributed by atoms with E-state index in [1.54, 1.807) is 14.0 Å². The van der Waals surface area contributed by atoms with Gasteiger partial charge in [0.2, 0.25) is 11.8 Å². The number of sulfone groups is 1. The highest BCUT2D eigenvalue weighted by atomic mass is 32.2. The lowest BCUT2D eigenvalue weighted by molar-refractivity contribution is -0.136. The maximum absolute atomic E-state index is 13.5. The predicted octanol–water partition coefficient (Wildman–Crippen LogP) is 1.52. The monoisotopic (exact) mass is 400 g/mol. The number of likely N-dealkylation sites (tertiary alicyclic amines) is 1. The van der Waals surface area contributed by atoms with Crippen LogP contribution in [0.5, 0.6) is 0 Å². The molecule has 148 valence electrons. The van der Waals surface area contributed by atoms with E-state index in [1.807, 2.05) is 0 Å². The molecular weight excluding hydrogens is 378 g/mol. The van der Waals surface area contributed by atoms with Gasteiger partial charge < -0.3 is 9.80 Å². The van der Waals surface area contributed by atoms with Crippen molar-refractivity contribution in [3.05, 3.63) is 35.4 Å². The first-order chi connectivity index (χ1) is 12.6. The summed E-state index contributed by atoms with van der Waals surface area (Å²) in [6, 6.07) is 2.63. The molecule has 0 unspecified atom stereocenters. The summed E-state index contributed by atoms with van der Waals surface area (Å²) >= 11 is 0. The van der Waals surface area contributed by atoms with Crippen molar-refractivity contribution in [2.75, 3.05) is 25.1 Å². The lowest BCUT2D eigenvalue weighted by Crippen LogP contribution is -2.40. The van der Waals surface area contributed by atoms with Gasteiger partial charge in [0.05, 0.1) is 23.5 Å². The van der Waals surface area contributed by atoms with Crippen molar-refractivity contribution < 1.29 is 26.8 Å². The van der Waals surface area contributed by atoms with Gasteiger partial charge in [-0.2, -0.15) is 0 Å². The molecule has 0 saturated carbocycles. The summed E-state index contributed by atoms with van der Waals surface area (Å²) in [5, 5.41) is 0. The van der Waals surface area contributed by atoms with Gasteiger partial charge in [0.1, 0.15) is 0 Å². The van der Waals surface area contributed by atoms with E-state index in [9.17, 15) is 26.8 Å². The minimum atomic E-state index is -3.12. The van der Waals surface area contributed by atoms with Gasteiger partial charge in [-0.15, -0.1) is 0 Å². The van der Waals surface area contributed by atoms with Gasteiger partial charge in [-0.3, -0.25) is 9.59 Å². The molecule has 2 aliphatic heterocycles. The zero-order chi connectivity index (χ0) is 19.9. The number of benzene rings is 1. The van der Waals surface area contributed by atoms with E-state index < -0.39 is 33.4 Å². The van der Waals surface area contributed by atoms with Crippen molar-refractivity contribution in [3.63, 3.8) is 0 Å². The molecule has 3 rings (SSSR count). The summed E-state index contributed by atoms with van der Waals surface area (Å²) in [5.41, 5.74) is 0.452. The van der Waals surface area contributed by atoms with Crippen molar-refractivity contribution in [1.29, 1.82) is 0 Å². The Morgan fingerprint density at radius 3 is 2.59 bits per heavy atom. The number of carbonyl (C=O) groups is 2. The predicted molar refractivity (Wildman–Crippen MR) is 94.4 cm³/mol. The fraction of sp³-hybridized carbons (Fsp3) is 0.556. The van der Waals surface area contributed by atoms with Crippen LogP contribution in [-0.4, -0.2) is 61.2 Å². The van der Waals surface area contributed by atoms with Gasteiger partial charge in [0.15, 0.2) is 21.5 Å². The first-order valence-electron chi connectivity index (χ1n) is 8.80. The molecule has 9 heteroatoms. The molecule has 2 saturated heterocycles. The molecule has 0 aromatic heterocycles. The number of hydrogen-bond acceptors (Lipinski definition) is 4. The first kappa shape index (κ1) is 19.7. The van der Waals surface area contributed by atoms with Crippen molar-refractivity contribution in [2.24, 2.45) is 5.92 Å². The van der Waals surface area contributed by atoms with Crippen LogP contribution in [0.2, 0.25) is 0 Å². The average molecular weight is 400 g/mol. The summed E-state index contributed by atoms with van der Waals surface area (Å²) in [5.74, 6) is -2.99. The maximum atomic E-state index is 13.5. The second kappa shape index (κ2) is 7.18. The third-order valence-electron chi connectivity index (χ3n) is 5.51.